The van der Waals surface area contributed by atoms with Gasteiger partial charge < -0.3 is 8.83 Å². The van der Waals surface area contributed by atoms with Crippen LogP contribution in [0.5, 0.6) is 0 Å². The van der Waals surface area contributed by atoms with Crippen LogP contribution >= 0.6 is 0 Å². The summed E-state index contributed by atoms with van der Waals surface area (Å²) in [4.78, 5) is 10.3. The lowest BCUT2D eigenvalue weighted by molar-refractivity contribution is 0.658. The van der Waals surface area contributed by atoms with E-state index in [1.165, 1.54) is 10.8 Å². The minimum Gasteiger partial charge on any atom is -0.455 e. The van der Waals surface area contributed by atoms with E-state index in [0.29, 0.717) is 0 Å². The highest BCUT2D eigenvalue weighted by atomic mass is 16.3. The summed E-state index contributed by atoms with van der Waals surface area (Å²) in [6.07, 6.45) is 1.90. The molecule has 0 N–H and O–H groups in total. The van der Waals surface area contributed by atoms with Gasteiger partial charge in [-0.15, -0.1) is 0 Å². The van der Waals surface area contributed by atoms with E-state index in [4.69, 9.17) is 18.8 Å². The number of fused-ring (bicyclic) bond motifs is 12. The van der Waals surface area contributed by atoms with E-state index in [9.17, 15) is 0 Å². The zero-order valence-corrected chi connectivity index (χ0v) is 26.7. The summed E-state index contributed by atoms with van der Waals surface area (Å²) in [5.74, 6) is 0. The van der Waals surface area contributed by atoms with Crippen molar-refractivity contribution in [2.75, 3.05) is 0 Å². The first-order valence-electron chi connectivity index (χ1n) is 16.8. The van der Waals surface area contributed by atoms with Crippen molar-refractivity contribution in [1.82, 2.24) is 9.97 Å². The van der Waals surface area contributed by atoms with Gasteiger partial charge in [0.25, 0.3) is 0 Å². The predicted molar refractivity (Wildman–Crippen MR) is 205 cm³/mol. The Morgan fingerprint density at radius 2 is 0.980 bits per heavy atom. The standard InChI is InChI=1S/C46H26N2O2/c1-2-12-27(13-3-1)41-45-37(33-18-8-9-23-40(33)49-45)25-38-36-22-11-21-30(44(36)50-46(38)41)28-14-10-15-29(24-28)39-26-47-42-34-19-6-4-16-31(34)32-17-5-7-20-35(32)43(42)48-39/h1-26H. The molecule has 0 radical (unpaired) electrons. The Morgan fingerprint density at radius 3 is 1.80 bits per heavy atom. The van der Waals surface area contributed by atoms with Gasteiger partial charge in [0.15, 0.2) is 0 Å². The molecule has 4 nitrogen and oxygen atoms in total. The fourth-order valence-corrected chi connectivity index (χ4v) is 7.81. The van der Waals surface area contributed by atoms with Crippen molar-refractivity contribution in [3.8, 4) is 33.5 Å². The van der Waals surface area contributed by atoms with Gasteiger partial charge in [0.05, 0.1) is 28.5 Å². The largest absolute Gasteiger partial charge is 0.455 e. The maximum atomic E-state index is 6.93. The summed E-state index contributed by atoms with van der Waals surface area (Å²) in [5, 5.41) is 8.89. The summed E-state index contributed by atoms with van der Waals surface area (Å²) in [5.41, 5.74) is 11.1. The summed E-state index contributed by atoms with van der Waals surface area (Å²) < 4.78 is 13.5. The van der Waals surface area contributed by atoms with Gasteiger partial charge in [0.1, 0.15) is 22.3 Å². The van der Waals surface area contributed by atoms with E-state index >= 15 is 0 Å². The zero-order valence-electron chi connectivity index (χ0n) is 26.7. The molecule has 0 bridgehead atoms. The number of aromatic nitrogens is 2. The molecule has 4 heteroatoms. The Bertz CT molecular complexity index is 3120. The lowest BCUT2D eigenvalue weighted by Crippen LogP contribution is -1.92. The van der Waals surface area contributed by atoms with Crippen LogP contribution < -0.4 is 0 Å². The van der Waals surface area contributed by atoms with Crippen LogP contribution in [0, 0.1) is 0 Å². The summed E-state index contributed by atoms with van der Waals surface area (Å²) in [7, 11) is 0. The Balaban J connectivity index is 1.13. The smallest absolute Gasteiger partial charge is 0.147 e. The van der Waals surface area contributed by atoms with Crippen molar-refractivity contribution in [2.24, 2.45) is 0 Å². The quantitative estimate of drug-likeness (QED) is 0.181. The molecule has 0 fully saturated rings. The molecule has 0 amide bonds. The number of hydrogen-bond donors (Lipinski definition) is 0. The molecule has 3 aromatic heterocycles. The average Bonchev–Trinajstić information content (AvgIpc) is 3.75. The first kappa shape index (κ1) is 27.2. The number of nitrogens with zero attached hydrogens (tertiary/aromatic N) is 2. The highest BCUT2D eigenvalue weighted by molar-refractivity contribution is 6.24. The van der Waals surface area contributed by atoms with Gasteiger partial charge >= 0.3 is 0 Å². The molecule has 0 saturated heterocycles. The third-order valence-electron chi connectivity index (χ3n) is 10.1. The molecular weight excluding hydrogens is 613 g/mol. The van der Waals surface area contributed by atoms with E-state index in [-0.39, 0.29) is 0 Å². The Kier molecular flexibility index (Phi) is 5.63. The minimum atomic E-state index is 0.820. The van der Waals surface area contributed by atoms with Crippen molar-refractivity contribution in [2.45, 2.75) is 0 Å². The van der Waals surface area contributed by atoms with Crippen LogP contribution in [0.3, 0.4) is 0 Å². The van der Waals surface area contributed by atoms with Gasteiger partial charge in [-0.2, -0.15) is 0 Å². The third kappa shape index (κ3) is 3.87. The lowest BCUT2D eigenvalue weighted by atomic mass is 9.97. The number of hydrogen-bond acceptors (Lipinski definition) is 4. The maximum Gasteiger partial charge on any atom is 0.147 e. The van der Waals surface area contributed by atoms with Crippen LogP contribution in [-0.2, 0) is 0 Å². The number of para-hydroxylation sites is 2. The van der Waals surface area contributed by atoms with Crippen molar-refractivity contribution in [1.29, 1.82) is 0 Å². The van der Waals surface area contributed by atoms with Crippen molar-refractivity contribution in [3.63, 3.8) is 0 Å². The molecule has 0 aliphatic heterocycles. The van der Waals surface area contributed by atoms with E-state index in [1.54, 1.807) is 0 Å². The van der Waals surface area contributed by atoms with Crippen LogP contribution in [0.1, 0.15) is 0 Å². The van der Waals surface area contributed by atoms with Gasteiger partial charge in [-0.1, -0.05) is 133 Å². The topological polar surface area (TPSA) is 52.1 Å². The fourth-order valence-electron chi connectivity index (χ4n) is 7.81. The normalized spacial score (nSPS) is 12.0. The average molecular weight is 639 g/mol. The molecule has 0 aliphatic rings. The molecular formula is C46H26N2O2. The van der Waals surface area contributed by atoms with Crippen LogP contribution in [-0.4, -0.2) is 9.97 Å². The van der Waals surface area contributed by atoms with Crippen molar-refractivity contribution in [3.05, 3.63) is 158 Å². The number of rotatable bonds is 3. The number of benzene rings is 8. The Labute approximate surface area is 285 Å². The molecule has 0 spiro atoms. The molecule has 11 rings (SSSR count). The first-order chi connectivity index (χ1) is 24.8. The molecule has 3 heterocycles. The molecule has 0 saturated carbocycles. The van der Waals surface area contributed by atoms with Gasteiger partial charge in [0, 0.05) is 43.4 Å². The fraction of sp³-hybridized carbons (Fsp3) is 0. The third-order valence-corrected chi connectivity index (χ3v) is 10.1. The van der Waals surface area contributed by atoms with E-state index < -0.39 is 0 Å². The van der Waals surface area contributed by atoms with E-state index in [1.807, 2.05) is 24.4 Å². The summed E-state index contributed by atoms with van der Waals surface area (Å²) in [6, 6.07) is 52.7. The van der Waals surface area contributed by atoms with Crippen LogP contribution in [0.25, 0.3) is 110 Å². The molecule has 0 unspecified atom stereocenters. The minimum absolute atomic E-state index is 0.820. The van der Waals surface area contributed by atoms with Crippen molar-refractivity contribution < 1.29 is 8.83 Å². The molecule has 50 heavy (non-hydrogen) atoms. The van der Waals surface area contributed by atoms with Crippen molar-refractivity contribution >= 4 is 76.5 Å². The van der Waals surface area contributed by atoms with Crippen LogP contribution in [0.2, 0.25) is 0 Å². The first-order valence-corrected chi connectivity index (χ1v) is 16.8. The maximum absolute atomic E-state index is 6.93. The second-order valence-corrected chi connectivity index (χ2v) is 12.9. The van der Waals surface area contributed by atoms with E-state index in [2.05, 4.69) is 133 Å². The molecule has 0 aliphatic carbocycles. The molecule has 0 atom stereocenters. The zero-order chi connectivity index (χ0) is 32.8. The second kappa shape index (κ2) is 10.4. The van der Waals surface area contributed by atoms with Crippen LogP contribution in [0.15, 0.2) is 167 Å². The Morgan fingerprint density at radius 1 is 0.380 bits per heavy atom. The second-order valence-electron chi connectivity index (χ2n) is 12.9. The van der Waals surface area contributed by atoms with Gasteiger partial charge in [-0.25, -0.2) is 4.98 Å². The summed E-state index contributed by atoms with van der Waals surface area (Å²) >= 11 is 0. The predicted octanol–water partition coefficient (Wildman–Crippen LogP) is 12.7. The molecule has 232 valence electrons. The van der Waals surface area contributed by atoms with Crippen LogP contribution in [0.4, 0.5) is 0 Å². The SMILES string of the molecule is c1ccc(-c2c3oc4ccccc4c3cc3c2oc2c(-c4cccc(-c5cnc6c7ccccc7c7ccccc7c6n5)c4)cccc23)cc1. The highest BCUT2D eigenvalue weighted by Gasteiger charge is 2.22. The van der Waals surface area contributed by atoms with E-state index in [0.717, 1.165) is 99.2 Å². The molecule has 8 aromatic carbocycles. The van der Waals surface area contributed by atoms with Gasteiger partial charge in [-0.3, -0.25) is 4.98 Å². The number of furan rings is 2. The van der Waals surface area contributed by atoms with Gasteiger partial charge in [0.2, 0.25) is 0 Å². The van der Waals surface area contributed by atoms with Gasteiger partial charge in [-0.05, 0) is 40.1 Å². The highest BCUT2D eigenvalue weighted by Crippen LogP contribution is 2.46. The summed E-state index contributed by atoms with van der Waals surface area (Å²) in [6.45, 7) is 0. The monoisotopic (exact) mass is 638 g/mol. The lowest BCUT2D eigenvalue weighted by Gasteiger charge is -2.11. The Hall–Kier alpha value is -6.78. The molecule has 11 aromatic rings.